The molecule has 0 unspecified atom stereocenters. The molecule has 0 atom stereocenters. The number of hydrogen-bond donors (Lipinski definition) is 1. The fourth-order valence-electron chi connectivity index (χ4n) is 1.42. The van der Waals surface area contributed by atoms with Crippen LogP contribution in [0.25, 0.3) is 0 Å². The van der Waals surface area contributed by atoms with Crippen molar-refractivity contribution < 1.29 is 18.3 Å². The predicted octanol–water partition coefficient (Wildman–Crippen LogP) is 0.371. The minimum absolute atomic E-state index is 0.0244. The number of nitrogens with zero attached hydrogens (tertiary/aromatic N) is 1. The number of aryl methyl sites for hydroxylation is 1. The summed E-state index contributed by atoms with van der Waals surface area (Å²) >= 11 is 0. The molecular weight excluding hydrogens is 258 g/mol. The lowest BCUT2D eigenvalue weighted by Gasteiger charge is -2.05. The smallest absolute Gasteiger partial charge is 0.335 e. The second-order valence-electron chi connectivity index (χ2n) is 3.84. The predicted molar refractivity (Wildman–Crippen MR) is 66.6 cm³/mol. The van der Waals surface area contributed by atoms with Crippen LogP contribution in [0.1, 0.15) is 23.7 Å². The third-order valence-corrected chi connectivity index (χ3v) is 4.33. The van der Waals surface area contributed by atoms with Crippen LogP contribution in [0, 0.1) is 0 Å². The third kappa shape index (κ3) is 3.99. The maximum atomic E-state index is 11.5. The van der Waals surface area contributed by atoms with Crippen molar-refractivity contribution in [3.8, 4) is 0 Å². The van der Waals surface area contributed by atoms with Gasteiger partial charge in [-0.1, -0.05) is 6.92 Å². The highest BCUT2D eigenvalue weighted by molar-refractivity contribution is 7.91. The van der Waals surface area contributed by atoms with Crippen molar-refractivity contribution in [2.75, 3.05) is 11.5 Å². The number of carbonyl (C=O) groups is 1. The fraction of sp³-hybridized carbons (Fsp3) is 0.455. The normalized spacial score (nSPS) is 11.4. The molecule has 18 heavy (non-hydrogen) atoms. The molecule has 0 aromatic carbocycles. The third-order valence-electron chi connectivity index (χ3n) is 2.54. The standard InChI is InChI=1S/C11H15NO5S/c1-2-18(16,17)7-3-5-12-6-4-9(11(14)15)8-10(12)13/h4,6,8H,2-3,5,7H2,1H3,(H,14,15). The number of carboxylic acid groups (broad SMARTS) is 1. The largest absolute Gasteiger partial charge is 0.478 e. The first kappa shape index (κ1) is 14.4. The van der Waals surface area contributed by atoms with E-state index in [-0.39, 0.29) is 23.6 Å². The molecule has 0 amide bonds. The second-order valence-corrected chi connectivity index (χ2v) is 6.31. The summed E-state index contributed by atoms with van der Waals surface area (Å²) in [6, 6.07) is 2.34. The fourth-order valence-corrected chi connectivity index (χ4v) is 2.28. The molecule has 100 valence electrons. The summed E-state index contributed by atoms with van der Waals surface area (Å²) in [6.45, 7) is 1.83. The Bertz CT molecular complexity index is 588. The molecule has 7 heteroatoms. The molecule has 1 N–H and O–H groups in total. The molecule has 6 nitrogen and oxygen atoms in total. The number of hydrogen-bond acceptors (Lipinski definition) is 4. The van der Waals surface area contributed by atoms with E-state index >= 15 is 0 Å². The van der Waals surface area contributed by atoms with E-state index in [9.17, 15) is 18.0 Å². The van der Waals surface area contributed by atoms with Crippen LogP contribution < -0.4 is 5.56 Å². The van der Waals surface area contributed by atoms with Gasteiger partial charge in [-0.2, -0.15) is 0 Å². The van der Waals surface area contributed by atoms with E-state index in [1.54, 1.807) is 6.92 Å². The quantitative estimate of drug-likeness (QED) is 0.808. The van der Waals surface area contributed by atoms with Gasteiger partial charge in [-0.05, 0) is 12.5 Å². The van der Waals surface area contributed by atoms with Crippen LogP contribution in [0.4, 0.5) is 0 Å². The maximum absolute atomic E-state index is 11.5. The number of aromatic nitrogens is 1. The zero-order valence-corrected chi connectivity index (χ0v) is 10.8. The van der Waals surface area contributed by atoms with Crippen molar-refractivity contribution in [1.29, 1.82) is 0 Å². The van der Waals surface area contributed by atoms with Gasteiger partial charge in [-0.25, -0.2) is 13.2 Å². The summed E-state index contributed by atoms with van der Waals surface area (Å²) in [4.78, 5) is 22.1. The van der Waals surface area contributed by atoms with Gasteiger partial charge in [0.2, 0.25) is 0 Å². The van der Waals surface area contributed by atoms with Gasteiger partial charge in [0.05, 0.1) is 11.3 Å². The first-order valence-electron chi connectivity index (χ1n) is 5.50. The van der Waals surface area contributed by atoms with E-state index in [0.29, 0.717) is 6.42 Å². The molecule has 0 fully saturated rings. The highest BCUT2D eigenvalue weighted by atomic mass is 32.2. The van der Waals surface area contributed by atoms with E-state index in [0.717, 1.165) is 6.07 Å². The van der Waals surface area contributed by atoms with Crippen LogP contribution in [-0.2, 0) is 16.4 Å². The van der Waals surface area contributed by atoms with Gasteiger partial charge in [0.25, 0.3) is 5.56 Å². The average Bonchev–Trinajstić information content (AvgIpc) is 2.31. The van der Waals surface area contributed by atoms with E-state index in [1.165, 1.54) is 16.8 Å². The zero-order chi connectivity index (χ0) is 13.8. The van der Waals surface area contributed by atoms with Crippen molar-refractivity contribution in [3.05, 3.63) is 34.2 Å². The molecule has 0 saturated carbocycles. The van der Waals surface area contributed by atoms with Gasteiger partial charge < -0.3 is 9.67 Å². The van der Waals surface area contributed by atoms with E-state index in [4.69, 9.17) is 5.11 Å². The Hall–Kier alpha value is -1.63. The van der Waals surface area contributed by atoms with Crippen LogP contribution >= 0.6 is 0 Å². The van der Waals surface area contributed by atoms with Crippen molar-refractivity contribution in [2.45, 2.75) is 19.9 Å². The van der Waals surface area contributed by atoms with Crippen LogP contribution in [-0.4, -0.2) is 35.6 Å². The van der Waals surface area contributed by atoms with Gasteiger partial charge >= 0.3 is 5.97 Å². The molecule has 1 aromatic rings. The Labute approximate surface area is 105 Å². The highest BCUT2D eigenvalue weighted by Gasteiger charge is 2.08. The molecule has 1 aromatic heterocycles. The maximum Gasteiger partial charge on any atom is 0.335 e. The Morgan fingerprint density at radius 3 is 2.61 bits per heavy atom. The summed E-state index contributed by atoms with van der Waals surface area (Å²) in [6.07, 6.45) is 1.70. The molecule has 0 aliphatic heterocycles. The molecule has 1 rings (SSSR count). The summed E-state index contributed by atoms with van der Waals surface area (Å²) in [5, 5.41) is 8.69. The number of sulfone groups is 1. The Morgan fingerprint density at radius 2 is 2.11 bits per heavy atom. The van der Waals surface area contributed by atoms with Crippen molar-refractivity contribution in [2.24, 2.45) is 0 Å². The molecular formula is C11H15NO5S. The molecule has 0 bridgehead atoms. The van der Waals surface area contributed by atoms with Gasteiger partial charge in [0.1, 0.15) is 9.84 Å². The minimum atomic E-state index is -3.03. The lowest BCUT2D eigenvalue weighted by molar-refractivity contribution is 0.0696. The van der Waals surface area contributed by atoms with Crippen LogP contribution in [0.5, 0.6) is 0 Å². The first-order valence-corrected chi connectivity index (χ1v) is 7.32. The second kappa shape index (κ2) is 5.81. The number of carboxylic acids is 1. The molecule has 0 saturated heterocycles. The van der Waals surface area contributed by atoms with Crippen LogP contribution in [0.3, 0.4) is 0 Å². The van der Waals surface area contributed by atoms with Crippen molar-refractivity contribution in [1.82, 2.24) is 4.57 Å². The molecule has 0 radical (unpaired) electrons. The first-order chi connectivity index (χ1) is 8.35. The highest BCUT2D eigenvalue weighted by Crippen LogP contribution is 1.98. The summed E-state index contributed by atoms with van der Waals surface area (Å²) < 4.78 is 23.8. The van der Waals surface area contributed by atoms with Crippen molar-refractivity contribution in [3.63, 3.8) is 0 Å². The van der Waals surface area contributed by atoms with Crippen molar-refractivity contribution >= 4 is 15.8 Å². The Balaban J connectivity index is 2.70. The summed E-state index contributed by atoms with van der Waals surface area (Å²) in [5.41, 5.74) is -0.513. The van der Waals surface area contributed by atoms with E-state index in [2.05, 4.69) is 0 Å². The van der Waals surface area contributed by atoms with E-state index in [1.807, 2.05) is 0 Å². The Morgan fingerprint density at radius 1 is 1.44 bits per heavy atom. The van der Waals surface area contributed by atoms with E-state index < -0.39 is 21.4 Å². The van der Waals surface area contributed by atoms with Gasteiger partial charge in [0, 0.05) is 24.6 Å². The van der Waals surface area contributed by atoms with Crippen LogP contribution in [0.2, 0.25) is 0 Å². The van der Waals surface area contributed by atoms with Gasteiger partial charge in [-0.15, -0.1) is 0 Å². The molecule has 0 aliphatic rings. The topological polar surface area (TPSA) is 93.4 Å². The molecule has 0 aliphatic carbocycles. The number of pyridine rings is 1. The lowest BCUT2D eigenvalue weighted by atomic mass is 10.2. The summed E-state index contributed by atoms with van der Waals surface area (Å²) in [7, 11) is -3.03. The number of rotatable bonds is 6. The average molecular weight is 273 g/mol. The molecule has 0 spiro atoms. The Kier molecular flexibility index (Phi) is 4.66. The minimum Gasteiger partial charge on any atom is -0.478 e. The SMILES string of the molecule is CCS(=O)(=O)CCCn1ccc(C(=O)O)cc1=O. The zero-order valence-electron chi connectivity index (χ0n) is 10.00. The monoisotopic (exact) mass is 273 g/mol. The van der Waals surface area contributed by atoms with Gasteiger partial charge in [0.15, 0.2) is 0 Å². The van der Waals surface area contributed by atoms with Crippen LogP contribution in [0.15, 0.2) is 23.1 Å². The lowest BCUT2D eigenvalue weighted by Crippen LogP contribution is -2.22. The summed E-state index contributed by atoms with van der Waals surface area (Å²) in [5.74, 6) is -1.05. The number of aromatic carboxylic acids is 1. The van der Waals surface area contributed by atoms with Gasteiger partial charge in [-0.3, -0.25) is 4.79 Å². The molecule has 1 heterocycles.